The van der Waals surface area contributed by atoms with Crippen LogP contribution in [0.1, 0.15) is 12.7 Å². The van der Waals surface area contributed by atoms with E-state index in [2.05, 4.69) is 5.32 Å². The fourth-order valence-corrected chi connectivity index (χ4v) is 1.88. The van der Waals surface area contributed by atoms with Gasteiger partial charge in [-0.15, -0.1) is 11.6 Å². The summed E-state index contributed by atoms with van der Waals surface area (Å²) in [5.74, 6) is 0.295. The maximum absolute atomic E-state index is 12.0. The van der Waals surface area contributed by atoms with E-state index in [4.69, 9.17) is 16.0 Å². The van der Waals surface area contributed by atoms with E-state index in [1.807, 2.05) is 0 Å². The van der Waals surface area contributed by atoms with Crippen LogP contribution in [0.4, 0.5) is 4.79 Å². The molecule has 1 aromatic rings. The van der Waals surface area contributed by atoms with Crippen LogP contribution in [0, 0.1) is 0 Å². The number of nitrogens with zero attached hydrogens (tertiary/aromatic N) is 1. The third-order valence-corrected chi connectivity index (χ3v) is 2.77. The van der Waals surface area contributed by atoms with Crippen molar-refractivity contribution in [2.45, 2.75) is 12.5 Å². The van der Waals surface area contributed by atoms with Crippen molar-refractivity contribution in [1.82, 2.24) is 10.2 Å². The van der Waals surface area contributed by atoms with Gasteiger partial charge in [-0.1, -0.05) is 0 Å². The summed E-state index contributed by atoms with van der Waals surface area (Å²) < 4.78 is 5.17. The number of alkyl halides is 1. The molecule has 6 heteroatoms. The first-order valence-electron chi connectivity index (χ1n) is 4.83. The molecule has 1 saturated heterocycles. The Balaban J connectivity index is 2.32. The topological polar surface area (TPSA) is 62.6 Å². The maximum atomic E-state index is 12.0. The van der Waals surface area contributed by atoms with Gasteiger partial charge in [-0.2, -0.15) is 0 Å². The van der Waals surface area contributed by atoms with Crippen molar-refractivity contribution in [2.24, 2.45) is 0 Å². The van der Waals surface area contributed by atoms with Gasteiger partial charge in [-0.05, 0) is 19.1 Å². The van der Waals surface area contributed by atoms with E-state index in [1.165, 1.54) is 6.26 Å². The first-order chi connectivity index (χ1) is 7.59. The van der Waals surface area contributed by atoms with Crippen molar-refractivity contribution in [3.63, 3.8) is 0 Å². The van der Waals surface area contributed by atoms with Crippen molar-refractivity contribution in [2.75, 3.05) is 12.4 Å². The monoisotopic (exact) mass is 242 g/mol. The van der Waals surface area contributed by atoms with Gasteiger partial charge in [0.15, 0.2) is 5.54 Å². The summed E-state index contributed by atoms with van der Waals surface area (Å²) in [6.07, 6.45) is 1.46. The van der Waals surface area contributed by atoms with Gasteiger partial charge < -0.3 is 9.73 Å². The molecule has 2 rings (SSSR count). The number of rotatable bonds is 3. The lowest BCUT2D eigenvalue weighted by molar-refractivity contribution is -0.131. The van der Waals surface area contributed by atoms with Gasteiger partial charge in [0.2, 0.25) is 0 Å². The summed E-state index contributed by atoms with van der Waals surface area (Å²) in [4.78, 5) is 24.7. The van der Waals surface area contributed by atoms with Crippen molar-refractivity contribution in [3.05, 3.63) is 24.2 Å². The average Bonchev–Trinajstić information content (AvgIpc) is 2.83. The molecule has 16 heavy (non-hydrogen) atoms. The average molecular weight is 243 g/mol. The Hall–Kier alpha value is -1.49. The molecule has 1 atom stereocenters. The van der Waals surface area contributed by atoms with Gasteiger partial charge >= 0.3 is 6.03 Å². The molecule has 2 heterocycles. The lowest BCUT2D eigenvalue weighted by Crippen LogP contribution is -2.40. The summed E-state index contributed by atoms with van der Waals surface area (Å²) in [7, 11) is 0. The molecular weight excluding hydrogens is 232 g/mol. The highest BCUT2D eigenvalue weighted by Crippen LogP contribution is 2.28. The number of urea groups is 1. The highest BCUT2D eigenvalue weighted by molar-refractivity contribution is 6.18. The molecule has 0 spiro atoms. The molecular formula is C10H11ClN2O3. The molecule has 0 aromatic carbocycles. The standard InChI is InChI=1S/C10H11ClN2O3/c1-10(7-3-2-6-16-7)8(14)13(5-4-11)9(15)12-10/h2-3,6H,4-5H2,1H3,(H,12,15). The quantitative estimate of drug-likeness (QED) is 0.642. The zero-order chi connectivity index (χ0) is 11.8. The molecule has 1 aliphatic rings. The van der Waals surface area contributed by atoms with Gasteiger partial charge in [-0.25, -0.2) is 4.79 Å². The minimum Gasteiger partial charge on any atom is -0.466 e. The van der Waals surface area contributed by atoms with E-state index < -0.39 is 11.6 Å². The number of amides is 3. The van der Waals surface area contributed by atoms with Crippen molar-refractivity contribution < 1.29 is 14.0 Å². The Morgan fingerprint density at radius 3 is 2.88 bits per heavy atom. The van der Waals surface area contributed by atoms with Gasteiger partial charge in [0.1, 0.15) is 5.76 Å². The first kappa shape index (κ1) is 11.0. The number of halogens is 1. The van der Waals surface area contributed by atoms with Crippen LogP contribution in [0.25, 0.3) is 0 Å². The highest BCUT2D eigenvalue weighted by atomic mass is 35.5. The van der Waals surface area contributed by atoms with E-state index in [1.54, 1.807) is 19.1 Å². The van der Waals surface area contributed by atoms with Crippen LogP contribution in [-0.4, -0.2) is 29.3 Å². The Labute approximate surface area is 97.3 Å². The first-order valence-corrected chi connectivity index (χ1v) is 5.37. The number of imide groups is 1. The summed E-state index contributed by atoms with van der Waals surface area (Å²) >= 11 is 5.53. The third kappa shape index (κ3) is 1.48. The van der Waals surface area contributed by atoms with Crippen LogP contribution >= 0.6 is 11.6 Å². The second kappa shape index (κ2) is 3.83. The van der Waals surface area contributed by atoms with Gasteiger partial charge in [0.25, 0.3) is 5.91 Å². The predicted molar refractivity (Wildman–Crippen MR) is 57.0 cm³/mol. The van der Waals surface area contributed by atoms with Gasteiger partial charge in [-0.3, -0.25) is 9.69 Å². The fraction of sp³-hybridized carbons (Fsp3) is 0.400. The van der Waals surface area contributed by atoms with E-state index in [0.717, 1.165) is 4.90 Å². The lowest BCUT2D eigenvalue weighted by atomic mass is 9.99. The number of carbonyl (C=O) groups excluding carboxylic acids is 2. The molecule has 1 N–H and O–H groups in total. The van der Waals surface area contributed by atoms with Crippen LogP contribution in [0.2, 0.25) is 0 Å². The minimum atomic E-state index is -1.12. The summed E-state index contributed by atoms with van der Waals surface area (Å²) in [5.41, 5.74) is -1.12. The van der Waals surface area contributed by atoms with Crippen LogP contribution in [0.5, 0.6) is 0 Å². The Bertz CT molecular complexity index is 418. The molecule has 5 nitrogen and oxygen atoms in total. The number of nitrogens with one attached hydrogen (secondary N) is 1. The van der Waals surface area contributed by atoms with Gasteiger partial charge in [0, 0.05) is 12.4 Å². The lowest BCUT2D eigenvalue weighted by Gasteiger charge is -2.18. The molecule has 1 unspecified atom stereocenters. The maximum Gasteiger partial charge on any atom is 0.325 e. The number of hydrogen-bond donors (Lipinski definition) is 1. The normalized spacial score (nSPS) is 25.0. The highest BCUT2D eigenvalue weighted by Gasteiger charge is 2.50. The van der Waals surface area contributed by atoms with Gasteiger partial charge in [0.05, 0.1) is 6.26 Å². The van der Waals surface area contributed by atoms with Crippen molar-refractivity contribution >= 4 is 23.5 Å². The molecule has 86 valence electrons. The smallest absolute Gasteiger partial charge is 0.325 e. The van der Waals surface area contributed by atoms with E-state index in [-0.39, 0.29) is 18.3 Å². The summed E-state index contributed by atoms with van der Waals surface area (Å²) in [5, 5.41) is 2.60. The number of hydrogen-bond acceptors (Lipinski definition) is 3. The second-order valence-electron chi connectivity index (χ2n) is 3.68. The molecule has 3 amide bonds. The van der Waals surface area contributed by atoms with E-state index >= 15 is 0 Å². The minimum absolute atomic E-state index is 0.197. The molecule has 0 radical (unpaired) electrons. The fourth-order valence-electron chi connectivity index (χ4n) is 1.71. The Morgan fingerprint density at radius 2 is 2.31 bits per heavy atom. The number of furan rings is 1. The molecule has 1 aliphatic heterocycles. The molecule has 1 aromatic heterocycles. The van der Waals surface area contributed by atoms with Crippen LogP contribution in [0.15, 0.2) is 22.8 Å². The SMILES string of the molecule is CC1(c2ccco2)NC(=O)N(CCCl)C1=O. The second-order valence-corrected chi connectivity index (χ2v) is 4.06. The molecule has 1 fully saturated rings. The van der Waals surface area contributed by atoms with Crippen LogP contribution in [0.3, 0.4) is 0 Å². The summed E-state index contributed by atoms with van der Waals surface area (Å²) in [6.45, 7) is 1.81. The zero-order valence-electron chi connectivity index (χ0n) is 8.70. The zero-order valence-corrected chi connectivity index (χ0v) is 9.45. The van der Waals surface area contributed by atoms with Crippen molar-refractivity contribution in [3.8, 4) is 0 Å². The third-order valence-electron chi connectivity index (χ3n) is 2.60. The Morgan fingerprint density at radius 1 is 1.56 bits per heavy atom. The Kier molecular flexibility index (Phi) is 2.63. The molecule has 0 saturated carbocycles. The summed E-state index contributed by atoms with van der Waals surface area (Å²) in [6, 6.07) is 2.89. The molecule has 0 bridgehead atoms. The van der Waals surface area contributed by atoms with E-state index in [9.17, 15) is 9.59 Å². The number of carbonyl (C=O) groups is 2. The predicted octanol–water partition coefficient (Wildman–Crippen LogP) is 1.29. The van der Waals surface area contributed by atoms with Crippen LogP contribution in [-0.2, 0) is 10.3 Å². The molecule has 0 aliphatic carbocycles. The van der Waals surface area contributed by atoms with Crippen LogP contribution < -0.4 is 5.32 Å². The van der Waals surface area contributed by atoms with E-state index in [0.29, 0.717) is 5.76 Å². The largest absolute Gasteiger partial charge is 0.466 e. The van der Waals surface area contributed by atoms with Crippen molar-refractivity contribution in [1.29, 1.82) is 0 Å².